The number of anilines is 1. The average Bonchev–Trinajstić information content (AvgIpc) is 3.29. The highest BCUT2D eigenvalue weighted by Crippen LogP contribution is 2.32. The van der Waals surface area contributed by atoms with Gasteiger partial charge in [0, 0.05) is 44.3 Å². The number of rotatable bonds is 6. The van der Waals surface area contributed by atoms with Crippen LogP contribution < -0.4 is 10.2 Å². The number of aromatic hydroxyl groups is 1. The van der Waals surface area contributed by atoms with E-state index in [1.807, 2.05) is 30.3 Å². The molecule has 0 saturated carbocycles. The molecule has 2 aliphatic rings. The number of phenolic OH excluding ortho intramolecular Hbond substituents is 1. The Bertz CT molecular complexity index is 1090. The van der Waals surface area contributed by atoms with Gasteiger partial charge in [0.2, 0.25) is 0 Å². The van der Waals surface area contributed by atoms with Gasteiger partial charge in [0.25, 0.3) is 5.91 Å². The number of nitrogens with zero attached hydrogens (tertiary/aromatic N) is 3. The van der Waals surface area contributed by atoms with Gasteiger partial charge in [-0.2, -0.15) is 0 Å². The third kappa shape index (κ3) is 5.29. The van der Waals surface area contributed by atoms with Crippen LogP contribution in [0.25, 0.3) is 10.2 Å². The molecule has 3 aromatic rings. The summed E-state index contributed by atoms with van der Waals surface area (Å²) in [6.07, 6.45) is 3.04. The smallest absolute Gasteiger partial charge is 0.251 e. The second kappa shape index (κ2) is 10.1. The lowest BCUT2D eigenvalue weighted by Crippen LogP contribution is -2.49. The summed E-state index contributed by atoms with van der Waals surface area (Å²) < 4.78 is 6.54. The lowest BCUT2D eigenvalue weighted by atomic mass is 10.0. The first-order valence-corrected chi connectivity index (χ1v) is 12.5. The molecular weight excluding hydrogens is 436 g/mol. The van der Waals surface area contributed by atoms with Crippen molar-refractivity contribution in [3.05, 3.63) is 53.6 Å². The number of phenols is 1. The predicted octanol–water partition coefficient (Wildman–Crippen LogP) is 3.28. The Morgan fingerprint density at radius 3 is 2.61 bits per heavy atom. The van der Waals surface area contributed by atoms with Crippen LogP contribution in [0.5, 0.6) is 5.75 Å². The number of morpholine rings is 1. The number of benzene rings is 2. The van der Waals surface area contributed by atoms with E-state index >= 15 is 0 Å². The van der Waals surface area contributed by atoms with Crippen LogP contribution >= 0.6 is 11.3 Å². The van der Waals surface area contributed by atoms with E-state index < -0.39 is 0 Å². The molecule has 0 radical (unpaired) electrons. The van der Waals surface area contributed by atoms with Crippen LogP contribution in [0, 0.1) is 0 Å². The Hall–Kier alpha value is -2.68. The van der Waals surface area contributed by atoms with Crippen LogP contribution in [-0.2, 0) is 11.2 Å². The maximum Gasteiger partial charge on any atom is 0.251 e. The van der Waals surface area contributed by atoms with Crippen LogP contribution in [0.4, 0.5) is 5.13 Å². The van der Waals surface area contributed by atoms with Gasteiger partial charge in [0.1, 0.15) is 5.75 Å². The maximum atomic E-state index is 12.6. The van der Waals surface area contributed by atoms with Gasteiger partial charge >= 0.3 is 0 Å². The third-order valence-corrected chi connectivity index (χ3v) is 7.65. The summed E-state index contributed by atoms with van der Waals surface area (Å²) in [5.74, 6) is 0.179. The zero-order chi connectivity index (χ0) is 22.6. The quantitative estimate of drug-likeness (QED) is 0.581. The third-order valence-electron chi connectivity index (χ3n) is 6.57. The van der Waals surface area contributed by atoms with Gasteiger partial charge < -0.3 is 20.1 Å². The van der Waals surface area contributed by atoms with Crippen molar-refractivity contribution >= 4 is 32.6 Å². The van der Waals surface area contributed by atoms with Gasteiger partial charge in [-0.15, -0.1) is 0 Å². The van der Waals surface area contributed by atoms with E-state index in [-0.39, 0.29) is 11.7 Å². The highest BCUT2D eigenvalue weighted by Gasteiger charge is 2.27. The first-order chi connectivity index (χ1) is 16.2. The van der Waals surface area contributed by atoms with Crippen molar-refractivity contribution in [2.45, 2.75) is 25.3 Å². The number of amides is 1. The van der Waals surface area contributed by atoms with E-state index in [9.17, 15) is 9.90 Å². The summed E-state index contributed by atoms with van der Waals surface area (Å²) in [6.45, 7) is 6.39. The molecule has 0 unspecified atom stereocenters. The van der Waals surface area contributed by atoms with Crippen molar-refractivity contribution in [1.29, 1.82) is 0 Å². The normalized spacial score (nSPS) is 18.0. The van der Waals surface area contributed by atoms with Gasteiger partial charge in [-0.05, 0) is 55.2 Å². The minimum atomic E-state index is -0.0723. The highest BCUT2D eigenvalue weighted by atomic mass is 32.1. The number of fused-ring (bicyclic) bond motifs is 1. The first-order valence-electron chi connectivity index (χ1n) is 11.7. The molecule has 0 atom stereocenters. The Morgan fingerprint density at radius 2 is 1.85 bits per heavy atom. The molecule has 2 fully saturated rings. The molecule has 3 heterocycles. The number of hydrogen-bond donors (Lipinski definition) is 2. The van der Waals surface area contributed by atoms with Gasteiger partial charge in [0.15, 0.2) is 5.13 Å². The Morgan fingerprint density at radius 1 is 1.09 bits per heavy atom. The molecular formula is C25H30N4O3S. The van der Waals surface area contributed by atoms with E-state index in [0.717, 1.165) is 79.6 Å². The molecule has 8 heteroatoms. The van der Waals surface area contributed by atoms with Gasteiger partial charge in [-0.1, -0.05) is 23.5 Å². The van der Waals surface area contributed by atoms with Gasteiger partial charge in [-0.3, -0.25) is 9.69 Å². The molecule has 0 aliphatic carbocycles. The number of thiazole rings is 1. The summed E-state index contributed by atoms with van der Waals surface area (Å²) in [7, 11) is 0. The molecule has 7 nitrogen and oxygen atoms in total. The molecule has 33 heavy (non-hydrogen) atoms. The number of hydrogen-bond acceptors (Lipinski definition) is 7. The molecule has 0 bridgehead atoms. The summed E-state index contributed by atoms with van der Waals surface area (Å²) in [5.41, 5.74) is 2.69. The van der Waals surface area contributed by atoms with Crippen LogP contribution in [0.1, 0.15) is 28.8 Å². The zero-order valence-corrected chi connectivity index (χ0v) is 19.5. The highest BCUT2D eigenvalue weighted by molar-refractivity contribution is 7.22. The molecule has 5 rings (SSSR count). The molecule has 1 aromatic heterocycles. The van der Waals surface area contributed by atoms with Crippen LogP contribution in [0.2, 0.25) is 0 Å². The molecule has 2 aliphatic heterocycles. The fourth-order valence-electron chi connectivity index (χ4n) is 4.64. The fourth-order valence-corrected chi connectivity index (χ4v) is 5.70. The second-order valence-electron chi connectivity index (χ2n) is 8.72. The van der Waals surface area contributed by atoms with Crippen LogP contribution in [0.15, 0.2) is 42.5 Å². The monoisotopic (exact) mass is 466 g/mol. The first kappa shape index (κ1) is 22.1. The Labute approximate surface area is 198 Å². The SMILES string of the molecule is O=C(NCCc1ccc(O)cc1)c1ccc2nc(N3CCC(N4CCOCC4)CC3)sc2c1. The van der Waals surface area contributed by atoms with E-state index in [0.29, 0.717) is 18.2 Å². The van der Waals surface area contributed by atoms with E-state index in [1.54, 1.807) is 23.5 Å². The number of carbonyl (C=O) groups excluding carboxylic acids is 1. The fraction of sp³-hybridized carbons (Fsp3) is 0.440. The van der Waals surface area contributed by atoms with Gasteiger partial charge in [0.05, 0.1) is 23.4 Å². The van der Waals surface area contributed by atoms with Crippen LogP contribution in [-0.4, -0.2) is 72.9 Å². The molecule has 174 valence electrons. The summed E-state index contributed by atoms with van der Waals surface area (Å²) >= 11 is 1.67. The topological polar surface area (TPSA) is 77.9 Å². The zero-order valence-electron chi connectivity index (χ0n) is 18.7. The second-order valence-corrected chi connectivity index (χ2v) is 9.73. The Balaban J connectivity index is 1.17. The van der Waals surface area contributed by atoms with E-state index in [1.165, 1.54) is 0 Å². The van der Waals surface area contributed by atoms with Crippen molar-refractivity contribution in [3.63, 3.8) is 0 Å². The minimum Gasteiger partial charge on any atom is -0.508 e. The lowest BCUT2D eigenvalue weighted by Gasteiger charge is -2.40. The molecule has 2 N–H and O–H groups in total. The van der Waals surface area contributed by atoms with Crippen molar-refractivity contribution in [2.24, 2.45) is 0 Å². The number of nitrogens with one attached hydrogen (secondary N) is 1. The van der Waals surface area contributed by atoms with Crippen molar-refractivity contribution in [1.82, 2.24) is 15.2 Å². The minimum absolute atomic E-state index is 0.0723. The number of piperidine rings is 1. The average molecular weight is 467 g/mol. The number of aromatic nitrogens is 1. The summed E-state index contributed by atoms with van der Waals surface area (Å²) in [6, 6.07) is 13.5. The summed E-state index contributed by atoms with van der Waals surface area (Å²) in [4.78, 5) is 22.4. The number of ether oxygens (including phenoxy) is 1. The molecule has 0 spiro atoms. The van der Waals surface area contributed by atoms with Crippen molar-refractivity contribution < 1.29 is 14.6 Å². The lowest BCUT2D eigenvalue weighted by molar-refractivity contribution is 0.0115. The van der Waals surface area contributed by atoms with E-state index in [4.69, 9.17) is 9.72 Å². The largest absolute Gasteiger partial charge is 0.508 e. The molecule has 2 aromatic carbocycles. The molecule has 1 amide bonds. The standard InChI is InChI=1S/C25H30N4O3S/c30-21-4-1-18(2-5-21)7-10-26-24(31)19-3-6-22-23(17-19)33-25(27-22)29-11-8-20(9-12-29)28-13-15-32-16-14-28/h1-6,17,20,30H,7-16H2,(H,26,31). The Kier molecular flexibility index (Phi) is 6.75. The predicted molar refractivity (Wildman–Crippen MR) is 131 cm³/mol. The van der Waals surface area contributed by atoms with E-state index in [2.05, 4.69) is 15.1 Å². The van der Waals surface area contributed by atoms with Crippen molar-refractivity contribution in [2.75, 3.05) is 50.8 Å². The molecule has 2 saturated heterocycles. The number of carbonyl (C=O) groups is 1. The maximum absolute atomic E-state index is 12.6. The van der Waals surface area contributed by atoms with Gasteiger partial charge in [-0.25, -0.2) is 4.98 Å². The van der Waals surface area contributed by atoms with Crippen LogP contribution in [0.3, 0.4) is 0 Å². The van der Waals surface area contributed by atoms with Crippen molar-refractivity contribution in [3.8, 4) is 5.75 Å². The summed E-state index contributed by atoms with van der Waals surface area (Å²) in [5, 5.41) is 13.4.